The van der Waals surface area contributed by atoms with E-state index in [9.17, 15) is 0 Å². The Morgan fingerprint density at radius 2 is 2.05 bits per heavy atom. The van der Waals surface area contributed by atoms with Crippen LogP contribution >= 0.6 is 11.8 Å². The first-order valence-corrected chi connectivity index (χ1v) is 9.43. The van der Waals surface area contributed by atoms with Crippen LogP contribution in [0.15, 0.2) is 30.3 Å². The molecule has 2 atom stereocenters. The summed E-state index contributed by atoms with van der Waals surface area (Å²) in [5.74, 6) is 2.54. The molecule has 0 aliphatic carbocycles. The summed E-state index contributed by atoms with van der Waals surface area (Å²) in [5.41, 5.74) is 1.61. The van der Waals surface area contributed by atoms with Crippen molar-refractivity contribution in [3.05, 3.63) is 35.9 Å². The molecule has 2 heterocycles. The second-order valence-electron chi connectivity index (χ2n) is 6.59. The molecule has 2 aliphatic rings. The molecule has 0 bridgehead atoms. The maximum absolute atomic E-state index is 6.18. The Morgan fingerprint density at radius 1 is 1.29 bits per heavy atom. The van der Waals surface area contributed by atoms with Crippen LogP contribution in [0.2, 0.25) is 0 Å². The molecule has 3 rings (SSSR count). The maximum atomic E-state index is 6.18. The van der Waals surface area contributed by atoms with Gasteiger partial charge in [-0.1, -0.05) is 30.3 Å². The molecule has 21 heavy (non-hydrogen) atoms. The number of hydrogen-bond acceptors (Lipinski definition) is 3. The van der Waals surface area contributed by atoms with Gasteiger partial charge in [0.25, 0.3) is 0 Å². The lowest BCUT2D eigenvalue weighted by molar-refractivity contribution is -0.0940. The van der Waals surface area contributed by atoms with E-state index in [1.54, 1.807) is 0 Å². The molecule has 1 spiro atoms. The first-order valence-electron chi connectivity index (χ1n) is 8.27. The third kappa shape index (κ3) is 4.24. The summed E-state index contributed by atoms with van der Waals surface area (Å²) in [6.07, 6.45) is 5.95. The topological polar surface area (TPSA) is 21.3 Å². The number of thioether (sulfide) groups is 1. The zero-order valence-electron chi connectivity index (χ0n) is 13.0. The van der Waals surface area contributed by atoms with Crippen LogP contribution in [0.25, 0.3) is 0 Å². The number of rotatable bonds is 4. The number of benzene rings is 1. The lowest BCUT2D eigenvalue weighted by Gasteiger charge is -2.44. The molecule has 1 aromatic rings. The molecule has 2 nitrogen and oxygen atoms in total. The predicted octanol–water partition coefficient (Wildman–Crippen LogP) is 3.65. The van der Waals surface area contributed by atoms with E-state index in [0.29, 0.717) is 12.1 Å². The highest BCUT2D eigenvalue weighted by molar-refractivity contribution is 7.99. The highest BCUT2D eigenvalue weighted by Crippen LogP contribution is 2.37. The first-order chi connectivity index (χ1) is 10.3. The molecule has 0 amide bonds. The third-order valence-corrected chi connectivity index (χ3v) is 5.79. The summed E-state index contributed by atoms with van der Waals surface area (Å²) in [4.78, 5) is 0. The van der Waals surface area contributed by atoms with E-state index in [4.69, 9.17) is 4.74 Å². The van der Waals surface area contributed by atoms with Gasteiger partial charge in [0.05, 0.1) is 5.60 Å². The molecule has 2 aliphatic heterocycles. The Hall–Kier alpha value is -0.510. The molecule has 3 heteroatoms. The Balaban J connectivity index is 1.52. The van der Waals surface area contributed by atoms with Gasteiger partial charge in [-0.15, -0.1) is 0 Å². The predicted molar refractivity (Wildman–Crippen MR) is 91.0 cm³/mol. The normalized spacial score (nSPS) is 26.6. The maximum Gasteiger partial charge on any atom is 0.0713 e. The molecule has 2 saturated heterocycles. The van der Waals surface area contributed by atoms with Gasteiger partial charge in [-0.05, 0) is 56.1 Å². The van der Waals surface area contributed by atoms with Crippen molar-refractivity contribution in [2.45, 2.75) is 56.7 Å². The van der Waals surface area contributed by atoms with Crippen molar-refractivity contribution in [3.8, 4) is 0 Å². The second-order valence-corrected chi connectivity index (χ2v) is 7.82. The zero-order valence-corrected chi connectivity index (χ0v) is 13.8. The van der Waals surface area contributed by atoms with E-state index in [1.807, 2.05) is 0 Å². The quantitative estimate of drug-likeness (QED) is 0.917. The van der Waals surface area contributed by atoms with Crippen LogP contribution in [0, 0.1) is 0 Å². The molecular formula is C18H27NOS. The van der Waals surface area contributed by atoms with E-state index >= 15 is 0 Å². The minimum absolute atomic E-state index is 0.188. The lowest BCUT2D eigenvalue weighted by atomic mass is 9.85. The van der Waals surface area contributed by atoms with Crippen molar-refractivity contribution in [1.82, 2.24) is 5.32 Å². The van der Waals surface area contributed by atoms with E-state index < -0.39 is 0 Å². The summed E-state index contributed by atoms with van der Waals surface area (Å²) in [6.45, 7) is 3.24. The highest BCUT2D eigenvalue weighted by atomic mass is 32.2. The molecule has 0 saturated carbocycles. The van der Waals surface area contributed by atoms with Crippen LogP contribution in [0.4, 0.5) is 0 Å². The molecule has 1 N–H and O–H groups in total. The summed E-state index contributed by atoms with van der Waals surface area (Å²) < 4.78 is 6.18. The second kappa shape index (κ2) is 7.17. The van der Waals surface area contributed by atoms with Crippen molar-refractivity contribution >= 4 is 11.8 Å². The summed E-state index contributed by atoms with van der Waals surface area (Å²) >= 11 is 2.08. The fraction of sp³-hybridized carbons (Fsp3) is 0.667. The van der Waals surface area contributed by atoms with Crippen molar-refractivity contribution in [1.29, 1.82) is 0 Å². The lowest BCUT2D eigenvalue weighted by Crippen LogP contribution is -2.51. The largest absolute Gasteiger partial charge is 0.375 e. The third-order valence-electron chi connectivity index (χ3n) is 4.80. The van der Waals surface area contributed by atoms with Gasteiger partial charge in [-0.2, -0.15) is 11.8 Å². The van der Waals surface area contributed by atoms with Crippen LogP contribution in [0.3, 0.4) is 0 Å². The van der Waals surface area contributed by atoms with Gasteiger partial charge in [0.1, 0.15) is 0 Å². The van der Waals surface area contributed by atoms with E-state index in [-0.39, 0.29) is 5.60 Å². The van der Waals surface area contributed by atoms with Gasteiger partial charge in [-0.25, -0.2) is 0 Å². The molecule has 116 valence electrons. The number of nitrogens with one attached hydrogen (secondary N) is 1. The monoisotopic (exact) mass is 305 g/mol. The van der Waals surface area contributed by atoms with Crippen LogP contribution < -0.4 is 5.32 Å². The Morgan fingerprint density at radius 3 is 2.81 bits per heavy atom. The van der Waals surface area contributed by atoms with Gasteiger partial charge in [0.15, 0.2) is 0 Å². The van der Waals surface area contributed by atoms with Gasteiger partial charge in [0.2, 0.25) is 0 Å². The first kappa shape index (κ1) is 15.4. The summed E-state index contributed by atoms with van der Waals surface area (Å²) in [5, 5.41) is 3.85. The van der Waals surface area contributed by atoms with Crippen molar-refractivity contribution < 1.29 is 4.74 Å². The number of ether oxygens (including phenoxy) is 1. The molecular weight excluding hydrogens is 278 g/mol. The number of hydrogen-bond donors (Lipinski definition) is 1. The van der Waals surface area contributed by atoms with Crippen molar-refractivity contribution in [2.24, 2.45) is 0 Å². The molecule has 2 unspecified atom stereocenters. The molecule has 1 aromatic carbocycles. The molecule has 2 fully saturated rings. The fourth-order valence-corrected chi connectivity index (χ4v) is 4.93. The van der Waals surface area contributed by atoms with Crippen molar-refractivity contribution in [3.63, 3.8) is 0 Å². The summed E-state index contributed by atoms with van der Waals surface area (Å²) in [7, 11) is 0. The van der Waals surface area contributed by atoms with Crippen LogP contribution in [-0.2, 0) is 11.2 Å². The van der Waals surface area contributed by atoms with Gasteiger partial charge >= 0.3 is 0 Å². The van der Waals surface area contributed by atoms with Gasteiger partial charge in [0, 0.05) is 18.7 Å². The smallest absolute Gasteiger partial charge is 0.0713 e. The van der Waals surface area contributed by atoms with Gasteiger partial charge < -0.3 is 10.1 Å². The fourth-order valence-electron chi connectivity index (χ4n) is 3.69. The van der Waals surface area contributed by atoms with Crippen LogP contribution in [-0.4, -0.2) is 35.8 Å². The summed E-state index contributed by atoms with van der Waals surface area (Å²) in [6, 6.07) is 12.0. The van der Waals surface area contributed by atoms with E-state index in [1.165, 1.54) is 36.3 Å². The Labute approximate surface area is 133 Å². The molecule has 0 aromatic heterocycles. The average Bonchev–Trinajstić information content (AvgIpc) is 2.49. The van der Waals surface area contributed by atoms with E-state index in [2.05, 4.69) is 54.3 Å². The molecule has 0 radical (unpaired) electrons. The standard InChI is InChI=1S/C18H27NOS/c1-15(13-16-5-3-2-4-6-16)19-17-7-10-20-18(14-17)8-11-21-12-9-18/h2-6,15,17,19H,7-14H2,1H3. The Kier molecular flexibility index (Phi) is 5.25. The minimum atomic E-state index is 0.188. The van der Waals surface area contributed by atoms with Crippen LogP contribution in [0.5, 0.6) is 0 Å². The average molecular weight is 305 g/mol. The minimum Gasteiger partial charge on any atom is -0.375 e. The van der Waals surface area contributed by atoms with E-state index in [0.717, 1.165) is 19.4 Å². The van der Waals surface area contributed by atoms with Crippen LogP contribution in [0.1, 0.15) is 38.2 Å². The SMILES string of the molecule is CC(Cc1ccccc1)NC1CCOC2(CCSCC2)C1. The highest BCUT2D eigenvalue weighted by Gasteiger charge is 2.38. The Bertz CT molecular complexity index is 425. The van der Waals surface area contributed by atoms with Crippen molar-refractivity contribution in [2.75, 3.05) is 18.1 Å². The van der Waals surface area contributed by atoms with Gasteiger partial charge in [-0.3, -0.25) is 0 Å². The zero-order chi connectivity index (χ0) is 14.5.